The molecule has 0 amide bonds. The zero-order chi connectivity index (χ0) is 104. The second kappa shape index (κ2) is 42.7. The molecule has 0 bridgehead atoms. The van der Waals surface area contributed by atoms with Crippen LogP contribution < -0.4 is 0 Å². The van der Waals surface area contributed by atoms with Crippen molar-refractivity contribution in [2.24, 2.45) is 154 Å². The standard InChI is InChI=1S/C12H15F9.C10H14F6.4C9H15F3.C8H12F4.C7H4F10.C7H7F7/c1-4-5(2)8(11(16,17)18)9(12(19,20)21)6(3)7(4)10(13,14)15;1-5-3-6(2)8(10(14,15)16)7(4-5)9(11,12)13;2*1-6-3-7(2)5-8(4-6)9(10,11)12;2*1-6-4-3-5-8(7(6)2)9(10,11)12;1-3-5(9)4(2)7(11)8(12)6(3)10;1-2-3(8,9)5(12,13)7(16,17)6(14,15)4(2,10)11;1-3-5(9,10)4(2,8)7(13,14)6(3,11)12/h4-9H,1-3H3;5-8H,3-4H2,1-2H3;4*6-8H,3-5H2,1-2H3;3-8H,1-2H3;2H,1H3;3H,1-2H3/t4-,5?,6?,7?,8?,9?;5-,6?,7?,8?;2*6-,7?,8?;2*6?,7-,8?;3-,4?,5?,6?,7?,8?;;3-,4?/m1000110.0/s1/i;;6D;;7D;;;;. The summed E-state index contributed by atoms with van der Waals surface area (Å²) in [4.78, 5) is 0. The molecule has 9 saturated carbocycles. The van der Waals surface area contributed by atoms with Gasteiger partial charge in [0.15, 0.2) is 6.17 Å². The summed E-state index contributed by atoms with van der Waals surface area (Å²) in [6, 6.07) is 0. The van der Waals surface area contributed by atoms with Crippen LogP contribution in [0.2, 0.25) is 0 Å². The lowest BCUT2D eigenvalue weighted by atomic mass is 9.57. The lowest BCUT2D eigenvalue weighted by molar-refractivity contribution is -0.461. The van der Waals surface area contributed by atoms with Crippen molar-refractivity contribution in [2.45, 2.75) is 348 Å². The van der Waals surface area contributed by atoms with Gasteiger partial charge in [0.2, 0.25) is 5.67 Å². The highest BCUT2D eigenvalue weighted by atomic mass is 19.5. The van der Waals surface area contributed by atoms with E-state index in [9.17, 15) is 211 Å². The molecular formula is C80H112F48. The second-order valence-electron chi connectivity index (χ2n) is 37.0. The van der Waals surface area contributed by atoms with Crippen molar-refractivity contribution in [2.75, 3.05) is 0 Å². The molecule has 0 heterocycles. The van der Waals surface area contributed by atoms with E-state index >= 15 is 0 Å². The molecule has 9 aliphatic carbocycles. The predicted molar refractivity (Wildman–Crippen MR) is 375 cm³/mol. The summed E-state index contributed by atoms with van der Waals surface area (Å²) in [5.74, 6) is -82.3. The lowest BCUT2D eigenvalue weighted by Crippen LogP contribution is -2.77. The summed E-state index contributed by atoms with van der Waals surface area (Å²) in [5, 5.41) is 0. The summed E-state index contributed by atoms with van der Waals surface area (Å²) in [7, 11) is 0. The van der Waals surface area contributed by atoms with E-state index in [1.54, 1.807) is 34.6 Å². The fraction of sp³-hybridized carbons (Fsp3) is 1.00. The van der Waals surface area contributed by atoms with Gasteiger partial charge in [-0.3, -0.25) is 0 Å². The van der Waals surface area contributed by atoms with E-state index in [2.05, 4.69) is 0 Å². The average molecular weight is 1990 g/mol. The first-order valence-electron chi connectivity index (χ1n) is 41.8. The van der Waals surface area contributed by atoms with Gasteiger partial charge in [0, 0.05) is 14.6 Å². The first kappa shape index (κ1) is 119. The van der Waals surface area contributed by atoms with Gasteiger partial charge >= 0.3 is 97.0 Å². The Morgan fingerprint density at radius 2 is 0.539 bits per heavy atom. The summed E-state index contributed by atoms with van der Waals surface area (Å²) in [6.45, 7) is 21.4. The van der Waals surface area contributed by atoms with Crippen molar-refractivity contribution in [3.05, 3.63) is 0 Å². The Kier molecular flexibility index (Phi) is 39.7. The number of alkyl halides is 48. The van der Waals surface area contributed by atoms with Crippen LogP contribution in [0.1, 0.15) is 217 Å². The molecule has 0 N–H and O–H groups in total. The minimum absolute atomic E-state index is 0.0166. The Labute approximate surface area is 713 Å². The van der Waals surface area contributed by atoms with E-state index < -0.39 is 252 Å². The Hall–Kier alpha value is -3.36. The second-order valence-corrected chi connectivity index (χ2v) is 37.0. The fourth-order valence-corrected chi connectivity index (χ4v) is 18.9. The molecule has 22 unspecified atom stereocenters. The van der Waals surface area contributed by atoms with Crippen molar-refractivity contribution < 1.29 is 213 Å². The van der Waals surface area contributed by atoms with E-state index in [1.165, 1.54) is 27.7 Å². The predicted octanol–water partition coefficient (Wildman–Crippen LogP) is 34.0. The minimum Gasteiger partial charge on any atom is -0.247 e. The smallest absolute Gasteiger partial charge is 0.247 e. The highest BCUT2D eigenvalue weighted by Crippen LogP contribution is 2.69. The van der Waals surface area contributed by atoms with Crippen LogP contribution in [-0.2, 0) is 0 Å². The molecule has 0 aromatic rings. The van der Waals surface area contributed by atoms with Crippen LogP contribution in [0.25, 0.3) is 0 Å². The maximum Gasteiger partial charge on any atom is 0.392 e. The molecule has 0 nitrogen and oxygen atoms in total. The van der Waals surface area contributed by atoms with Gasteiger partial charge in [-0.2, -0.15) is 180 Å². The van der Waals surface area contributed by atoms with Gasteiger partial charge in [0.05, 0.1) is 65.1 Å². The van der Waals surface area contributed by atoms with Crippen LogP contribution in [0.4, 0.5) is 211 Å². The zero-order valence-electron chi connectivity index (χ0n) is 74.2. The quantitative estimate of drug-likeness (QED) is 0.212. The molecule has 9 aliphatic rings. The van der Waals surface area contributed by atoms with Gasteiger partial charge in [-0.1, -0.05) is 143 Å². The van der Waals surface area contributed by atoms with Crippen LogP contribution in [0.3, 0.4) is 0 Å². The first-order chi connectivity index (χ1) is 56.9. The van der Waals surface area contributed by atoms with Crippen molar-refractivity contribution in [3.8, 4) is 0 Å². The van der Waals surface area contributed by atoms with E-state index in [1.807, 2.05) is 20.8 Å². The molecule has 0 aliphatic heterocycles. The molecule has 30 atom stereocenters. The van der Waals surface area contributed by atoms with Gasteiger partial charge in [0.25, 0.3) is 5.92 Å². The van der Waals surface area contributed by atoms with Crippen LogP contribution >= 0.6 is 0 Å². The van der Waals surface area contributed by atoms with E-state index in [-0.39, 0.29) is 87.9 Å². The van der Waals surface area contributed by atoms with Crippen molar-refractivity contribution in [3.63, 3.8) is 0 Å². The van der Waals surface area contributed by atoms with Crippen molar-refractivity contribution in [1.82, 2.24) is 0 Å². The molecule has 0 spiro atoms. The fourth-order valence-electron chi connectivity index (χ4n) is 18.9. The number of rotatable bonds is 0. The van der Waals surface area contributed by atoms with Gasteiger partial charge < -0.3 is 0 Å². The molecule has 128 heavy (non-hydrogen) atoms. The van der Waals surface area contributed by atoms with Gasteiger partial charge in [-0.25, -0.2) is 30.7 Å². The van der Waals surface area contributed by atoms with E-state index in [0.717, 1.165) is 39.5 Å². The molecule has 0 aromatic heterocycles. The zero-order valence-corrected chi connectivity index (χ0v) is 72.2. The third-order valence-corrected chi connectivity index (χ3v) is 27.0. The monoisotopic (exact) mass is 1990 g/mol. The SMILES string of the molecule is CC1C(C(F)(F)F)C(C(F)(F)F)C(C)[C@@H](C)C1C(F)(F)F.CC1C(F)(F)C(F)(F)C(F)(F)C(F)(F)C1(F)F.CC1C(F)C(F)C(F)[C@@H](C)C1F.CC1CC(C(F)(F)F)C[C@@H](C)C1.CC1CCCC(C(F)(F)F)[C@@H]1C.CC1C[C@H](C)CC(C(F)(F)F)C1C(F)(F)F.C[C@H]1C(F)(F)C(C)(F)C(F)(F)C1(F)F.[2H][C@@]1(C)C(C)CCCC1C(F)(F)F.[2H][C@]1(C)CC(C)CC(C(F)(F)F)C1. The third-order valence-electron chi connectivity index (χ3n) is 27.0. The van der Waals surface area contributed by atoms with Crippen LogP contribution in [-0.4, -0.2) is 133 Å². The number of hydrogen-bond acceptors (Lipinski definition) is 0. The van der Waals surface area contributed by atoms with Crippen LogP contribution in [0.15, 0.2) is 0 Å². The topological polar surface area (TPSA) is 0 Å². The molecule has 9 rings (SSSR count). The highest BCUT2D eigenvalue weighted by molar-refractivity contribution is 5.20. The van der Waals surface area contributed by atoms with E-state index in [4.69, 9.17) is 2.74 Å². The molecule has 0 radical (unpaired) electrons. The van der Waals surface area contributed by atoms with Gasteiger partial charge in [-0.15, -0.1) is 0 Å². The molecular weight excluding hydrogens is 1870 g/mol. The molecule has 9 fully saturated rings. The normalized spacial score (nSPS) is 41.3. The van der Waals surface area contributed by atoms with Crippen LogP contribution in [0.5, 0.6) is 0 Å². The van der Waals surface area contributed by atoms with Gasteiger partial charge in [0.1, 0.15) is 18.5 Å². The van der Waals surface area contributed by atoms with Crippen molar-refractivity contribution >= 4 is 0 Å². The molecule has 0 aromatic carbocycles. The van der Waals surface area contributed by atoms with Crippen LogP contribution in [0, 0.1) is 154 Å². The lowest BCUT2D eigenvalue weighted by Gasteiger charge is -2.50. The molecule has 0 saturated heterocycles. The van der Waals surface area contributed by atoms with Gasteiger partial charge in [-0.05, 0) is 148 Å². The summed E-state index contributed by atoms with van der Waals surface area (Å²) < 4.78 is 622. The van der Waals surface area contributed by atoms with Crippen molar-refractivity contribution in [1.29, 1.82) is 0 Å². The maximum atomic E-state index is 13.0. The first-order valence-corrected chi connectivity index (χ1v) is 40.8. The number of halogens is 48. The van der Waals surface area contributed by atoms with E-state index in [0.29, 0.717) is 39.0 Å². The number of hydrogen-bond donors (Lipinski definition) is 0. The highest BCUT2D eigenvalue weighted by Gasteiger charge is 2.94. The average Bonchev–Trinajstić information content (AvgIpc) is 1.21. The largest absolute Gasteiger partial charge is 0.392 e. The Morgan fingerprint density at radius 1 is 0.234 bits per heavy atom. The maximum absolute atomic E-state index is 13.0. The summed E-state index contributed by atoms with van der Waals surface area (Å²) in [6.07, 6.45) is -43.5. The molecule has 768 valence electrons. The summed E-state index contributed by atoms with van der Waals surface area (Å²) >= 11 is 0. The third kappa shape index (κ3) is 28.2. The summed E-state index contributed by atoms with van der Waals surface area (Å²) in [5.41, 5.74) is -4.52. The Morgan fingerprint density at radius 3 is 0.836 bits per heavy atom. The Bertz CT molecular complexity index is 3270. The molecule has 48 heteroatoms. The minimum atomic E-state index is -6.85. The Balaban J connectivity index is 0.000000735.